The van der Waals surface area contributed by atoms with Gasteiger partial charge in [0.1, 0.15) is 0 Å². The van der Waals surface area contributed by atoms with Gasteiger partial charge in [-0.1, -0.05) is 35.0 Å². The molecule has 134 valence electrons. The van der Waals surface area contributed by atoms with Crippen molar-refractivity contribution in [2.75, 3.05) is 5.32 Å². The molecule has 1 atom stereocenters. The third-order valence-electron chi connectivity index (χ3n) is 4.32. The minimum absolute atomic E-state index is 0.271. The first-order chi connectivity index (χ1) is 12.4. The lowest BCUT2D eigenvalue weighted by molar-refractivity contribution is 0.102. The number of aryl methyl sites for hydroxylation is 2. The van der Waals surface area contributed by atoms with Crippen molar-refractivity contribution in [2.24, 2.45) is 0 Å². The van der Waals surface area contributed by atoms with Crippen molar-refractivity contribution >= 4 is 11.6 Å². The van der Waals surface area contributed by atoms with E-state index in [2.05, 4.69) is 21.7 Å². The van der Waals surface area contributed by atoms with Gasteiger partial charge in [-0.15, -0.1) is 5.10 Å². The zero-order valence-corrected chi connectivity index (χ0v) is 15.3. The molecule has 3 aromatic rings. The fraction of sp³-hybridized carbons (Fsp3) is 0.250. The summed E-state index contributed by atoms with van der Waals surface area (Å²) >= 11 is 0. The van der Waals surface area contributed by atoms with E-state index in [9.17, 15) is 9.90 Å². The normalized spacial score (nSPS) is 12.0. The lowest BCUT2D eigenvalue weighted by Gasteiger charge is -2.09. The quantitative estimate of drug-likeness (QED) is 0.755. The van der Waals surface area contributed by atoms with E-state index in [0.29, 0.717) is 11.4 Å². The van der Waals surface area contributed by atoms with Crippen LogP contribution in [0.15, 0.2) is 42.5 Å². The molecule has 0 spiro atoms. The van der Waals surface area contributed by atoms with Crippen molar-refractivity contribution < 1.29 is 9.90 Å². The van der Waals surface area contributed by atoms with E-state index >= 15 is 0 Å². The van der Waals surface area contributed by atoms with Crippen LogP contribution in [0.3, 0.4) is 0 Å². The third-order valence-corrected chi connectivity index (χ3v) is 4.32. The Morgan fingerprint density at radius 3 is 2.62 bits per heavy atom. The lowest BCUT2D eigenvalue weighted by atomic mass is 10.1. The summed E-state index contributed by atoms with van der Waals surface area (Å²) in [6, 6.07) is 13.2. The molecule has 0 bridgehead atoms. The van der Waals surface area contributed by atoms with E-state index in [1.807, 2.05) is 39.0 Å². The van der Waals surface area contributed by atoms with E-state index in [0.717, 1.165) is 16.8 Å². The first-order valence-corrected chi connectivity index (χ1v) is 8.46. The molecule has 2 N–H and O–H groups in total. The van der Waals surface area contributed by atoms with Crippen molar-refractivity contribution in [1.29, 1.82) is 0 Å². The molecule has 1 heterocycles. The molecular formula is C20H22N4O2. The molecule has 3 rings (SSSR count). The fourth-order valence-corrected chi connectivity index (χ4v) is 2.88. The summed E-state index contributed by atoms with van der Waals surface area (Å²) in [5, 5.41) is 20.7. The van der Waals surface area contributed by atoms with Crippen molar-refractivity contribution in [1.82, 2.24) is 15.0 Å². The average Bonchev–Trinajstić information content (AvgIpc) is 2.96. The minimum atomic E-state index is -0.598. The van der Waals surface area contributed by atoms with E-state index in [4.69, 9.17) is 0 Å². The van der Waals surface area contributed by atoms with Gasteiger partial charge >= 0.3 is 0 Å². The number of aromatic nitrogens is 3. The highest BCUT2D eigenvalue weighted by Gasteiger charge is 2.18. The zero-order valence-electron chi connectivity index (χ0n) is 15.3. The first-order valence-electron chi connectivity index (χ1n) is 8.46. The van der Waals surface area contributed by atoms with Gasteiger partial charge in [0.25, 0.3) is 5.91 Å². The number of aliphatic hydroxyl groups excluding tert-OH is 1. The van der Waals surface area contributed by atoms with Crippen LogP contribution in [0.4, 0.5) is 5.69 Å². The van der Waals surface area contributed by atoms with Crippen LogP contribution >= 0.6 is 0 Å². The summed E-state index contributed by atoms with van der Waals surface area (Å²) < 4.78 is 1.68. The number of rotatable bonds is 4. The summed E-state index contributed by atoms with van der Waals surface area (Å²) in [4.78, 5) is 12.6. The van der Waals surface area contributed by atoms with Crippen LogP contribution in [0.25, 0.3) is 5.69 Å². The van der Waals surface area contributed by atoms with Crippen LogP contribution in [0.2, 0.25) is 0 Å². The predicted molar refractivity (Wildman–Crippen MR) is 101 cm³/mol. The average molecular weight is 350 g/mol. The van der Waals surface area contributed by atoms with Crippen LogP contribution in [0.5, 0.6) is 0 Å². The van der Waals surface area contributed by atoms with Gasteiger partial charge in [0.05, 0.1) is 17.5 Å². The second-order valence-corrected chi connectivity index (χ2v) is 6.48. The van der Waals surface area contributed by atoms with Crippen LogP contribution in [0.1, 0.15) is 45.9 Å². The molecule has 0 aliphatic heterocycles. The minimum Gasteiger partial charge on any atom is -0.389 e. The molecule has 0 saturated heterocycles. The third kappa shape index (κ3) is 3.50. The molecule has 2 aromatic carbocycles. The number of hydrogen-bond acceptors (Lipinski definition) is 4. The SMILES string of the molecule is Cc1ccc(-n2nnc(C(=O)Nc3cccc([C@@H](C)O)c3)c2C)c(C)c1. The van der Waals surface area contributed by atoms with Crippen molar-refractivity contribution in [2.45, 2.75) is 33.8 Å². The highest BCUT2D eigenvalue weighted by Crippen LogP contribution is 2.20. The second kappa shape index (κ2) is 7.09. The number of anilines is 1. The Bertz CT molecular complexity index is 960. The summed E-state index contributed by atoms with van der Waals surface area (Å²) in [5.41, 5.74) is 5.41. The summed E-state index contributed by atoms with van der Waals surface area (Å²) in [5.74, 6) is -0.332. The van der Waals surface area contributed by atoms with Crippen molar-refractivity contribution in [3.63, 3.8) is 0 Å². The molecular weight excluding hydrogens is 328 g/mol. The van der Waals surface area contributed by atoms with Crippen molar-refractivity contribution in [3.05, 3.63) is 70.5 Å². The highest BCUT2D eigenvalue weighted by atomic mass is 16.3. The number of nitrogens with one attached hydrogen (secondary N) is 1. The fourth-order valence-electron chi connectivity index (χ4n) is 2.88. The van der Waals surface area contributed by atoms with Gasteiger partial charge in [-0.05, 0) is 57.0 Å². The molecule has 0 unspecified atom stereocenters. The molecule has 0 saturated carbocycles. The molecule has 6 nitrogen and oxygen atoms in total. The number of aliphatic hydroxyl groups is 1. The smallest absolute Gasteiger partial charge is 0.278 e. The second-order valence-electron chi connectivity index (χ2n) is 6.48. The first kappa shape index (κ1) is 17.8. The lowest BCUT2D eigenvalue weighted by Crippen LogP contribution is -2.14. The number of hydrogen-bond donors (Lipinski definition) is 2. The monoisotopic (exact) mass is 350 g/mol. The van der Waals surface area contributed by atoms with Crippen LogP contribution in [0, 0.1) is 20.8 Å². The van der Waals surface area contributed by atoms with Gasteiger partial charge in [0.15, 0.2) is 5.69 Å². The van der Waals surface area contributed by atoms with E-state index in [-0.39, 0.29) is 11.6 Å². The molecule has 0 aliphatic carbocycles. The highest BCUT2D eigenvalue weighted by molar-refractivity contribution is 6.03. The van der Waals surface area contributed by atoms with Crippen LogP contribution in [-0.4, -0.2) is 26.0 Å². The number of nitrogens with zero attached hydrogens (tertiary/aromatic N) is 3. The van der Waals surface area contributed by atoms with Gasteiger partial charge in [-0.3, -0.25) is 4.79 Å². The Morgan fingerprint density at radius 2 is 1.92 bits per heavy atom. The maximum Gasteiger partial charge on any atom is 0.278 e. The Morgan fingerprint density at radius 1 is 1.15 bits per heavy atom. The maximum atomic E-state index is 12.6. The molecule has 0 aliphatic rings. The topological polar surface area (TPSA) is 80.0 Å². The Kier molecular flexibility index (Phi) is 4.86. The van der Waals surface area contributed by atoms with Gasteiger partial charge in [-0.25, -0.2) is 4.68 Å². The zero-order chi connectivity index (χ0) is 18.8. The van der Waals surface area contributed by atoms with Crippen LogP contribution < -0.4 is 5.32 Å². The molecule has 1 aromatic heterocycles. The van der Waals surface area contributed by atoms with Gasteiger partial charge in [-0.2, -0.15) is 0 Å². The van der Waals surface area contributed by atoms with Gasteiger partial charge in [0, 0.05) is 5.69 Å². The molecule has 6 heteroatoms. The molecule has 0 radical (unpaired) electrons. The van der Waals surface area contributed by atoms with Crippen molar-refractivity contribution in [3.8, 4) is 5.69 Å². The summed E-state index contributed by atoms with van der Waals surface area (Å²) in [6.07, 6.45) is -0.598. The summed E-state index contributed by atoms with van der Waals surface area (Å²) in [7, 11) is 0. The predicted octanol–water partition coefficient (Wildman–Crippen LogP) is 3.50. The standard InChI is InChI=1S/C20H22N4O2/c1-12-8-9-18(13(2)10-12)24-14(3)19(22-23-24)20(26)21-17-7-5-6-16(11-17)15(4)25/h5-11,15,25H,1-4H3,(H,21,26)/t15-/m1/s1. The van der Waals surface area contributed by atoms with Gasteiger partial charge < -0.3 is 10.4 Å². The van der Waals surface area contributed by atoms with Gasteiger partial charge in [0.2, 0.25) is 0 Å². The number of benzene rings is 2. The Labute approximate surface area is 152 Å². The molecule has 26 heavy (non-hydrogen) atoms. The van der Waals surface area contributed by atoms with E-state index in [1.165, 1.54) is 5.56 Å². The summed E-state index contributed by atoms with van der Waals surface area (Å²) in [6.45, 7) is 7.54. The van der Waals surface area contributed by atoms with E-state index < -0.39 is 6.10 Å². The number of carbonyl (C=O) groups is 1. The van der Waals surface area contributed by atoms with E-state index in [1.54, 1.807) is 29.8 Å². The number of carbonyl (C=O) groups excluding carboxylic acids is 1. The van der Waals surface area contributed by atoms with Crippen LogP contribution in [-0.2, 0) is 0 Å². The maximum absolute atomic E-state index is 12.6. The molecule has 0 fully saturated rings. The molecule has 1 amide bonds. The Balaban J connectivity index is 1.87. The number of amides is 1. The Hall–Kier alpha value is -2.99. The largest absolute Gasteiger partial charge is 0.389 e.